The smallest absolute Gasteiger partial charge is 0.342 e. The molecule has 0 unspecified atom stereocenters. The molecule has 0 aliphatic heterocycles. The van der Waals surface area contributed by atoms with Gasteiger partial charge in [-0.2, -0.15) is 4.98 Å². The topological polar surface area (TPSA) is 113 Å². The van der Waals surface area contributed by atoms with Crippen molar-refractivity contribution >= 4 is 5.97 Å². The molecule has 2 aromatic carbocycles. The molecule has 0 atom stereocenters. The lowest BCUT2D eigenvalue weighted by Crippen LogP contribution is -2.06. The molecule has 28 heavy (non-hydrogen) atoms. The number of hydrogen-bond donors (Lipinski definition) is 1. The highest BCUT2D eigenvalue weighted by Crippen LogP contribution is 2.31. The van der Waals surface area contributed by atoms with Gasteiger partial charge in [-0.3, -0.25) is 0 Å². The van der Waals surface area contributed by atoms with E-state index in [0.717, 1.165) is 0 Å². The normalized spacial score (nSPS) is 10.4. The van der Waals surface area contributed by atoms with Crippen LogP contribution in [0.5, 0.6) is 23.0 Å². The first kappa shape index (κ1) is 19.0. The molecule has 1 heterocycles. The number of phenols is 1. The largest absolute Gasteiger partial charge is 0.507 e. The van der Waals surface area contributed by atoms with Crippen LogP contribution in [-0.4, -0.2) is 42.5 Å². The second kappa shape index (κ2) is 8.30. The first-order valence-electron chi connectivity index (χ1n) is 8.14. The Hall–Kier alpha value is -3.75. The van der Waals surface area contributed by atoms with Gasteiger partial charge in [0.25, 0.3) is 5.89 Å². The molecule has 0 fully saturated rings. The fraction of sp³-hybridized carbons (Fsp3) is 0.211. The van der Waals surface area contributed by atoms with E-state index < -0.39 is 5.97 Å². The third kappa shape index (κ3) is 3.98. The molecule has 0 saturated heterocycles. The molecular weight excluding hydrogens is 368 g/mol. The predicted octanol–water partition coefficient (Wildman–Crippen LogP) is 2.83. The quantitative estimate of drug-likeness (QED) is 0.612. The van der Waals surface area contributed by atoms with E-state index in [-0.39, 0.29) is 29.6 Å². The summed E-state index contributed by atoms with van der Waals surface area (Å²) in [6.07, 6.45) is 0. The molecule has 3 rings (SSSR count). The Morgan fingerprint density at radius 1 is 1.04 bits per heavy atom. The number of benzene rings is 2. The minimum atomic E-state index is -0.752. The number of ether oxygens (including phenoxy) is 4. The average molecular weight is 386 g/mol. The first-order chi connectivity index (χ1) is 13.5. The second-order valence-corrected chi connectivity index (χ2v) is 5.54. The van der Waals surface area contributed by atoms with E-state index in [4.69, 9.17) is 23.5 Å². The highest BCUT2D eigenvalue weighted by molar-refractivity contribution is 5.92. The monoisotopic (exact) mass is 386 g/mol. The molecule has 0 spiro atoms. The van der Waals surface area contributed by atoms with Crippen molar-refractivity contribution in [3.63, 3.8) is 0 Å². The number of carbonyl (C=O) groups is 1. The van der Waals surface area contributed by atoms with Crippen LogP contribution in [0.2, 0.25) is 0 Å². The van der Waals surface area contributed by atoms with E-state index in [0.29, 0.717) is 22.8 Å². The zero-order valence-electron chi connectivity index (χ0n) is 15.5. The first-order valence-corrected chi connectivity index (χ1v) is 8.14. The molecule has 0 radical (unpaired) electrons. The lowest BCUT2D eigenvalue weighted by atomic mass is 10.2. The van der Waals surface area contributed by atoms with Crippen molar-refractivity contribution in [3.8, 4) is 34.4 Å². The van der Waals surface area contributed by atoms with Gasteiger partial charge in [0.05, 0.1) is 26.9 Å². The van der Waals surface area contributed by atoms with Crippen molar-refractivity contribution < 1.29 is 33.4 Å². The molecule has 146 valence electrons. The number of hydrogen-bond acceptors (Lipinski definition) is 9. The Balaban J connectivity index is 1.73. The van der Waals surface area contributed by atoms with Crippen LogP contribution in [-0.2, 0) is 11.3 Å². The number of carbonyl (C=O) groups excluding carboxylic acids is 1. The van der Waals surface area contributed by atoms with E-state index in [9.17, 15) is 9.90 Å². The van der Waals surface area contributed by atoms with Crippen LogP contribution >= 0.6 is 0 Å². The Bertz CT molecular complexity index is 984. The van der Waals surface area contributed by atoms with Crippen molar-refractivity contribution in [1.29, 1.82) is 0 Å². The maximum Gasteiger partial charge on any atom is 0.342 e. The lowest BCUT2D eigenvalue weighted by Gasteiger charge is -2.07. The molecule has 0 saturated carbocycles. The minimum absolute atomic E-state index is 0.0316. The summed E-state index contributed by atoms with van der Waals surface area (Å²) in [6, 6.07) is 9.40. The molecule has 9 nitrogen and oxygen atoms in total. The lowest BCUT2D eigenvalue weighted by molar-refractivity contribution is 0.0426. The van der Waals surface area contributed by atoms with Crippen LogP contribution in [0.25, 0.3) is 11.4 Å². The summed E-state index contributed by atoms with van der Waals surface area (Å²) in [6.45, 7) is -0.263. The van der Waals surface area contributed by atoms with E-state index in [1.807, 2.05) is 0 Å². The number of aromatic nitrogens is 2. The summed E-state index contributed by atoms with van der Waals surface area (Å²) >= 11 is 0. The number of esters is 1. The molecule has 0 bridgehead atoms. The van der Waals surface area contributed by atoms with Crippen LogP contribution in [0.1, 0.15) is 16.2 Å². The highest BCUT2D eigenvalue weighted by Gasteiger charge is 2.18. The van der Waals surface area contributed by atoms with Crippen molar-refractivity contribution in [3.05, 3.63) is 47.9 Å². The fourth-order valence-electron chi connectivity index (χ4n) is 2.42. The zero-order chi connectivity index (χ0) is 20.1. The minimum Gasteiger partial charge on any atom is -0.507 e. The van der Waals surface area contributed by atoms with Gasteiger partial charge in [0.1, 0.15) is 28.6 Å². The molecule has 3 aromatic rings. The number of nitrogens with zero attached hydrogens (tertiary/aromatic N) is 2. The number of aromatic hydroxyl groups is 1. The number of methoxy groups -OCH3 is 3. The van der Waals surface area contributed by atoms with Crippen LogP contribution in [0, 0.1) is 0 Å². The van der Waals surface area contributed by atoms with Gasteiger partial charge < -0.3 is 28.6 Å². The van der Waals surface area contributed by atoms with Gasteiger partial charge in [0.2, 0.25) is 5.82 Å². The summed E-state index contributed by atoms with van der Waals surface area (Å²) < 4.78 is 25.8. The van der Waals surface area contributed by atoms with Crippen molar-refractivity contribution in [1.82, 2.24) is 10.1 Å². The third-order valence-electron chi connectivity index (χ3n) is 3.87. The maximum atomic E-state index is 12.2. The van der Waals surface area contributed by atoms with Crippen LogP contribution in [0.3, 0.4) is 0 Å². The number of phenolic OH excluding ortho intramolecular Hbond substituents is 1. The van der Waals surface area contributed by atoms with Crippen molar-refractivity contribution in [2.45, 2.75) is 6.61 Å². The number of rotatable bonds is 7. The molecule has 0 aliphatic rings. The Morgan fingerprint density at radius 2 is 1.75 bits per heavy atom. The Morgan fingerprint density at radius 3 is 2.46 bits per heavy atom. The van der Waals surface area contributed by atoms with Crippen LogP contribution < -0.4 is 14.2 Å². The molecule has 9 heteroatoms. The fourth-order valence-corrected chi connectivity index (χ4v) is 2.42. The zero-order valence-corrected chi connectivity index (χ0v) is 15.5. The maximum absolute atomic E-state index is 12.2. The molecule has 0 aliphatic carbocycles. The molecular formula is C19H18N2O7. The van der Waals surface area contributed by atoms with E-state index in [1.165, 1.54) is 32.4 Å². The summed E-state index contributed by atoms with van der Waals surface area (Å²) in [5.41, 5.74) is 0.561. The average Bonchev–Trinajstić information content (AvgIpc) is 3.20. The summed E-state index contributed by atoms with van der Waals surface area (Å²) in [5.74, 6) is 0.925. The van der Waals surface area contributed by atoms with E-state index >= 15 is 0 Å². The highest BCUT2D eigenvalue weighted by atomic mass is 16.6. The van der Waals surface area contributed by atoms with Crippen LogP contribution in [0.15, 0.2) is 40.9 Å². The van der Waals surface area contributed by atoms with Gasteiger partial charge in [0, 0.05) is 6.07 Å². The van der Waals surface area contributed by atoms with Gasteiger partial charge in [-0.05, 0) is 30.3 Å². The molecule has 1 aromatic heterocycles. The van der Waals surface area contributed by atoms with Gasteiger partial charge in [-0.15, -0.1) is 0 Å². The Kier molecular flexibility index (Phi) is 5.64. The van der Waals surface area contributed by atoms with Crippen molar-refractivity contribution in [2.75, 3.05) is 21.3 Å². The van der Waals surface area contributed by atoms with E-state index in [2.05, 4.69) is 10.1 Å². The Labute approximate surface area is 160 Å². The van der Waals surface area contributed by atoms with E-state index in [1.54, 1.807) is 25.3 Å². The van der Waals surface area contributed by atoms with Crippen LogP contribution in [0.4, 0.5) is 0 Å². The summed E-state index contributed by atoms with van der Waals surface area (Å²) in [7, 11) is 4.52. The molecule has 1 N–H and O–H groups in total. The summed E-state index contributed by atoms with van der Waals surface area (Å²) in [5, 5.41) is 13.7. The standard InChI is InChI=1S/C19H18N2O7/c1-24-11-5-7-15(22)14(8-11)19(23)27-10-17-20-18(21-28-17)13-6-4-12(25-2)9-16(13)26-3/h4-9,22H,10H2,1-3H3. The third-order valence-corrected chi connectivity index (χ3v) is 3.87. The molecule has 0 amide bonds. The van der Waals surface area contributed by atoms with Gasteiger partial charge in [0.15, 0.2) is 6.61 Å². The van der Waals surface area contributed by atoms with Gasteiger partial charge in [-0.25, -0.2) is 4.79 Å². The SMILES string of the molecule is COc1ccc(-c2noc(COC(=O)c3cc(OC)ccc3O)n2)c(OC)c1. The van der Waals surface area contributed by atoms with Gasteiger partial charge in [-0.1, -0.05) is 5.16 Å². The summed E-state index contributed by atoms with van der Waals surface area (Å²) in [4.78, 5) is 16.4. The second-order valence-electron chi connectivity index (χ2n) is 5.54. The predicted molar refractivity (Wildman–Crippen MR) is 96.6 cm³/mol. The van der Waals surface area contributed by atoms with Gasteiger partial charge >= 0.3 is 5.97 Å². The van der Waals surface area contributed by atoms with Crippen molar-refractivity contribution in [2.24, 2.45) is 0 Å².